The van der Waals surface area contributed by atoms with Crippen molar-refractivity contribution in [1.29, 1.82) is 5.26 Å². The van der Waals surface area contributed by atoms with Crippen LogP contribution in [0.3, 0.4) is 0 Å². The summed E-state index contributed by atoms with van der Waals surface area (Å²) in [5, 5.41) is 22.9. The molecule has 0 aliphatic carbocycles. The van der Waals surface area contributed by atoms with Gasteiger partial charge in [0, 0.05) is 19.2 Å². The lowest BCUT2D eigenvalue weighted by molar-refractivity contribution is -0.114. The number of aromatic nitrogens is 2. The number of halogens is 3. The molecule has 35 heavy (non-hydrogen) atoms. The molecule has 2 N–H and O–H groups in total. The lowest BCUT2D eigenvalue weighted by Gasteiger charge is -2.29. The van der Waals surface area contributed by atoms with Crippen LogP contribution in [0.4, 0.5) is 16.2 Å². The minimum Gasteiger partial charge on any atom is -0.450 e. The average molecular weight is 543 g/mol. The van der Waals surface area contributed by atoms with E-state index in [4.69, 9.17) is 49.5 Å². The number of nitrogens with one attached hydrogen (secondary N) is 2. The van der Waals surface area contributed by atoms with Crippen molar-refractivity contribution in [1.82, 2.24) is 15.5 Å². The smallest absolute Gasteiger partial charge is 0.414 e. The molecule has 0 spiro atoms. The van der Waals surface area contributed by atoms with E-state index in [9.17, 15) is 9.59 Å². The molecule has 184 valence electrons. The van der Waals surface area contributed by atoms with E-state index >= 15 is 0 Å². The molecule has 2 heterocycles. The van der Waals surface area contributed by atoms with E-state index in [0.29, 0.717) is 32.0 Å². The van der Waals surface area contributed by atoms with E-state index in [-0.39, 0.29) is 39.1 Å². The second-order valence-electron chi connectivity index (χ2n) is 6.69. The summed E-state index contributed by atoms with van der Waals surface area (Å²) in [6.45, 7) is 4.00. The Morgan fingerprint density at radius 3 is 2.51 bits per heavy atom. The maximum Gasteiger partial charge on any atom is 0.414 e. The summed E-state index contributed by atoms with van der Waals surface area (Å²) in [7, 11) is 0. The molecule has 1 aliphatic heterocycles. The van der Waals surface area contributed by atoms with Gasteiger partial charge in [0.25, 0.3) is 5.91 Å². The number of benzene rings is 1. The molecule has 0 radical (unpaired) electrons. The topological polar surface area (TPSA) is 151 Å². The van der Waals surface area contributed by atoms with Crippen LogP contribution in [-0.4, -0.2) is 60.8 Å². The molecule has 1 aliphatic rings. The second kappa shape index (κ2) is 12.4. The van der Waals surface area contributed by atoms with Gasteiger partial charge < -0.3 is 19.1 Å². The Morgan fingerprint density at radius 1 is 1.20 bits per heavy atom. The van der Waals surface area contributed by atoms with Gasteiger partial charge in [-0.3, -0.25) is 15.5 Å². The minimum atomic E-state index is -1.05. The first-order chi connectivity index (χ1) is 16.8. The van der Waals surface area contributed by atoms with Gasteiger partial charge in [0.2, 0.25) is 11.6 Å². The number of alkyl carbamates (subject to hydrolysis) is 1. The normalized spacial score (nSPS) is 13.6. The van der Waals surface area contributed by atoms with Crippen LogP contribution in [-0.2, 0) is 14.3 Å². The van der Waals surface area contributed by atoms with Crippen LogP contribution in [0.15, 0.2) is 23.3 Å². The Labute approximate surface area is 214 Å². The maximum atomic E-state index is 11.9. The van der Waals surface area contributed by atoms with Crippen LogP contribution < -0.4 is 20.4 Å². The highest BCUT2D eigenvalue weighted by Gasteiger charge is 2.19. The summed E-state index contributed by atoms with van der Waals surface area (Å²) in [5.41, 5.74) is 2.72. The number of carbonyl (C=O) groups excluding carboxylic acids is 2. The third kappa shape index (κ3) is 7.06. The summed E-state index contributed by atoms with van der Waals surface area (Å²) in [5.74, 6) is -0.846. The van der Waals surface area contributed by atoms with Gasteiger partial charge in [-0.15, -0.1) is 10.2 Å². The molecule has 1 aromatic carbocycles. The van der Waals surface area contributed by atoms with Gasteiger partial charge in [0.05, 0.1) is 41.2 Å². The summed E-state index contributed by atoms with van der Waals surface area (Å²) < 4.78 is 15.7. The van der Waals surface area contributed by atoms with Crippen molar-refractivity contribution in [3.05, 3.63) is 33.4 Å². The maximum absolute atomic E-state index is 11.9. The molecule has 15 heteroatoms. The van der Waals surface area contributed by atoms with E-state index < -0.39 is 17.7 Å². The molecular weight excluding hydrogens is 525 g/mol. The Bertz CT molecular complexity index is 1160. The Kier molecular flexibility index (Phi) is 9.27. The predicted molar refractivity (Wildman–Crippen MR) is 128 cm³/mol. The quantitative estimate of drug-likeness (QED) is 0.392. The zero-order chi connectivity index (χ0) is 25.4. The number of carbonyl (C=O) groups is 2. The summed E-state index contributed by atoms with van der Waals surface area (Å²) in [6.07, 6.45) is -1.00. The van der Waals surface area contributed by atoms with E-state index in [1.54, 1.807) is 19.1 Å². The lowest BCUT2D eigenvalue weighted by atomic mass is 10.3. The number of ether oxygens (including phenoxy) is 3. The van der Waals surface area contributed by atoms with E-state index in [1.807, 2.05) is 10.2 Å². The van der Waals surface area contributed by atoms with E-state index in [1.165, 1.54) is 12.1 Å². The van der Waals surface area contributed by atoms with E-state index in [2.05, 4.69) is 25.5 Å². The fourth-order valence-electron chi connectivity index (χ4n) is 2.82. The zero-order valence-corrected chi connectivity index (χ0v) is 20.4. The van der Waals surface area contributed by atoms with Gasteiger partial charge in [-0.1, -0.05) is 34.8 Å². The average Bonchev–Trinajstić information content (AvgIpc) is 2.83. The molecule has 0 atom stereocenters. The molecule has 1 saturated heterocycles. The molecule has 12 nitrogen and oxygen atoms in total. The van der Waals surface area contributed by atoms with Crippen molar-refractivity contribution in [3.8, 4) is 17.7 Å². The highest BCUT2D eigenvalue weighted by atomic mass is 35.5. The van der Waals surface area contributed by atoms with Gasteiger partial charge >= 0.3 is 6.09 Å². The predicted octanol–water partition coefficient (Wildman–Crippen LogP) is 3.63. The van der Waals surface area contributed by atoms with Gasteiger partial charge in [0.1, 0.15) is 6.07 Å². The van der Waals surface area contributed by atoms with Crippen molar-refractivity contribution in [2.24, 2.45) is 5.10 Å². The molecule has 2 amide bonds. The van der Waals surface area contributed by atoms with Crippen LogP contribution >= 0.6 is 34.8 Å². The van der Waals surface area contributed by atoms with Gasteiger partial charge in [0.15, 0.2) is 10.9 Å². The lowest BCUT2D eigenvalue weighted by Crippen LogP contribution is -2.36. The highest BCUT2D eigenvalue weighted by molar-refractivity contribution is 6.47. The number of nitrogens with zero attached hydrogens (tertiary/aromatic N) is 5. The number of hydrogen-bond donors (Lipinski definition) is 2. The number of rotatable bonds is 7. The number of morpholine rings is 1. The molecule has 0 bridgehead atoms. The standard InChI is InChI=1S/C20H18Cl3N7O5/c1-2-34-20(32)25-19(31)14(10-24)27-26-11-7-12(21)17(13(22)8-11)35-16-9-15(18(23)29-28-16)30-3-5-33-6-4-30/h7-9,26H,2-6H2,1H3,(H,25,31,32). The Balaban J connectivity index is 1.74. The first kappa shape index (κ1) is 26.2. The summed E-state index contributed by atoms with van der Waals surface area (Å²) >= 11 is 18.8. The molecule has 1 fully saturated rings. The Morgan fingerprint density at radius 2 is 1.89 bits per heavy atom. The van der Waals surface area contributed by atoms with Crippen LogP contribution in [0.2, 0.25) is 15.2 Å². The molecule has 0 saturated carbocycles. The highest BCUT2D eigenvalue weighted by Crippen LogP contribution is 2.39. The molecular formula is C20H18Cl3N7O5. The monoisotopic (exact) mass is 541 g/mol. The number of hydrazone groups is 1. The molecule has 1 aromatic heterocycles. The third-order valence-corrected chi connectivity index (χ3v) is 5.20. The summed E-state index contributed by atoms with van der Waals surface area (Å²) in [6, 6.07) is 5.98. The third-order valence-electron chi connectivity index (χ3n) is 4.37. The number of nitriles is 1. The van der Waals surface area contributed by atoms with E-state index in [0.717, 1.165) is 0 Å². The summed E-state index contributed by atoms with van der Waals surface area (Å²) in [4.78, 5) is 25.3. The number of amides is 2. The van der Waals surface area contributed by atoms with Crippen molar-refractivity contribution in [3.63, 3.8) is 0 Å². The molecule has 2 aromatic rings. The zero-order valence-electron chi connectivity index (χ0n) is 18.2. The van der Waals surface area contributed by atoms with Crippen LogP contribution in [0.25, 0.3) is 0 Å². The Hall–Kier alpha value is -3.37. The van der Waals surface area contributed by atoms with Crippen molar-refractivity contribution in [2.45, 2.75) is 6.92 Å². The molecule has 3 rings (SSSR count). The van der Waals surface area contributed by atoms with Crippen LogP contribution in [0.1, 0.15) is 6.92 Å². The van der Waals surface area contributed by atoms with Crippen molar-refractivity contribution >= 4 is 63.9 Å². The largest absolute Gasteiger partial charge is 0.450 e. The van der Waals surface area contributed by atoms with Gasteiger partial charge in [-0.25, -0.2) is 4.79 Å². The number of anilines is 2. The number of imide groups is 1. The second-order valence-corrected chi connectivity index (χ2v) is 7.86. The van der Waals surface area contributed by atoms with Gasteiger partial charge in [-0.2, -0.15) is 10.4 Å². The fraction of sp³-hybridized carbons (Fsp3) is 0.300. The fourth-order valence-corrected chi connectivity index (χ4v) is 3.59. The SMILES string of the molecule is CCOC(=O)NC(=O)C(C#N)=NNc1cc(Cl)c(Oc2cc(N3CCOCC3)c(Cl)nn2)c(Cl)c1. The number of hydrogen-bond acceptors (Lipinski definition) is 11. The van der Waals surface area contributed by atoms with Crippen LogP contribution in [0.5, 0.6) is 11.6 Å². The first-order valence-electron chi connectivity index (χ1n) is 10.1. The van der Waals surface area contributed by atoms with Gasteiger partial charge in [-0.05, 0) is 19.1 Å². The van der Waals surface area contributed by atoms with Crippen LogP contribution in [0, 0.1) is 11.3 Å². The van der Waals surface area contributed by atoms with Crippen molar-refractivity contribution in [2.75, 3.05) is 43.2 Å². The van der Waals surface area contributed by atoms with Crippen molar-refractivity contribution < 1.29 is 23.8 Å². The first-order valence-corrected chi connectivity index (χ1v) is 11.2. The minimum absolute atomic E-state index is 0.0535. The molecule has 0 unspecified atom stereocenters.